The Balaban J connectivity index is 1.92. The molecular formula is C16H13F2NO2S. The molecule has 0 amide bonds. The molecule has 1 heterocycles. The second kappa shape index (κ2) is 5.21. The third kappa shape index (κ3) is 2.74. The van der Waals surface area contributed by atoms with Crippen LogP contribution < -0.4 is 5.32 Å². The standard InChI is InChI=1S/C16H13F2NO2S/c1-10-6-12-7-11(2-4-15(12)19-10)9-22(20,21)16-5-3-13(17)8-14(16)18/h2-5,7-8,19H,1,6,9H2. The molecule has 0 radical (unpaired) electrons. The van der Waals surface area contributed by atoms with E-state index in [2.05, 4.69) is 11.9 Å². The normalized spacial score (nSPS) is 13.8. The van der Waals surface area contributed by atoms with E-state index < -0.39 is 26.4 Å². The molecule has 3 nitrogen and oxygen atoms in total. The van der Waals surface area contributed by atoms with Crippen molar-refractivity contribution in [1.29, 1.82) is 0 Å². The highest BCUT2D eigenvalue weighted by Crippen LogP contribution is 2.29. The highest BCUT2D eigenvalue weighted by molar-refractivity contribution is 7.90. The molecular weight excluding hydrogens is 308 g/mol. The van der Waals surface area contributed by atoms with Crippen LogP contribution in [0.25, 0.3) is 0 Å². The number of halogens is 2. The van der Waals surface area contributed by atoms with Crippen molar-refractivity contribution in [3.63, 3.8) is 0 Å². The number of sulfone groups is 1. The third-order valence-corrected chi connectivity index (χ3v) is 5.19. The van der Waals surface area contributed by atoms with Crippen molar-refractivity contribution in [2.45, 2.75) is 17.1 Å². The molecule has 22 heavy (non-hydrogen) atoms. The molecule has 0 fully saturated rings. The van der Waals surface area contributed by atoms with E-state index in [-0.39, 0.29) is 5.75 Å². The van der Waals surface area contributed by atoms with Gasteiger partial charge >= 0.3 is 0 Å². The number of nitrogens with one attached hydrogen (secondary N) is 1. The molecule has 0 atom stereocenters. The fourth-order valence-corrected chi connectivity index (χ4v) is 3.90. The van der Waals surface area contributed by atoms with Crippen LogP contribution in [0.1, 0.15) is 11.1 Å². The lowest BCUT2D eigenvalue weighted by Crippen LogP contribution is -2.07. The van der Waals surface area contributed by atoms with E-state index in [1.807, 2.05) is 0 Å². The van der Waals surface area contributed by atoms with Crippen LogP contribution in [0.5, 0.6) is 0 Å². The van der Waals surface area contributed by atoms with Crippen molar-refractivity contribution in [2.24, 2.45) is 0 Å². The molecule has 0 saturated carbocycles. The van der Waals surface area contributed by atoms with Gasteiger partial charge in [-0.1, -0.05) is 18.7 Å². The highest BCUT2D eigenvalue weighted by Gasteiger charge is 2.22. The summed E-state index contributed by atoms with van der Waals surface area (Å²) in [5.41, 5.74) is 3.26. The lowest BCUT2D eigenvalue weighted by atomic mass is 10.1. The van der Waals surface area contributed by atoms with E-state index in [4.69, 9.17) is 0 Å². The van der Waals surface area contributed by atoms with Gasteiger partial charge in [-0.05, 0) is 29.3 Å². The molecule has 2 aromatic carbocycles. The fraction of sp³-hybridized carbons (Fsp3) is 0.125. The summed E-state index contributed by atoms with van der Waals surface area (Å²) in [6.07, 6.45) is 0.633. The van der Waals surface area contributed by atoms with Crippen molar-refractivity contribution in [2.75, 3.05) is 5.32 Å². The minimum absolute atomic E-state index is 0.338. The lowest BCUT2D eigenvalue weighted by molar-refractivity contribution is 0.549. The number of rotatable bonds is 3. The van der Waals surface area contributed by atoms with E-state index in [9.17, 15) is 17.2 Å². The van der Waals surface area contributed by atoms with Gasteiger partial charge in [-0.3, -0.25) is 0 Å². The zero-order valence-corrected chi connectivity index (χ0v) is 12.4. The van der Waals surface area contributed by atoms with Gasteiger partial charge in [0.05, 0.1) is 5.75 Å². The Morgan fingerprint density at radius 1 is 1.14 bits per heavy atom. The zero-order chi connectivity index (χ0) is 15.9. The monoisotopic (exact) mass is 321 g/mol. The molecule has 1 aliphatic rings. The number of allylic oxidation sites excluding steroid dienone is 1. The summed E-state index contributed by atoms with van der Waals surface area (Å²) in [6.45, 7) is 3.83. The Labute approximate surface area is 127 Å². The molecule has 6 heteroatoms. The minimum atomic E-state index is -3.88. The van der Waals surface area contributed by atoms with Crippen molar-refractivity contribution in [3.8, 4) is 0 Å². The Kier molecular flexibility index (Phi) is 3.48. The van der Waals surface area contributed by atoms with Gasteiger partial charge < -0.3 is 5.32 Å². The van der Waals surface area contributed by atoms with Gasteiger partial charge in [-0.15, -0.1) is 0 Å². The third-order valence-electron chi connectivity index (χ3n) is 3.47. The van der Waals surface area contributed by atoms with Gasteiger partial charge in [0.2, 0.25) is 0 Å². The second-order valence-electron chi connectivity index (χ2n) is 5.23. The summed E-state index contributed by atoms with van der Waals surface area (Å²) in [5, 5.41) is 3.09. The second-order valence-corrected chi connectivity index (χ2v) is 7.19. The van der Waals surface area contributed by atoms with Gasteiger partial charge in [0.1, 0.15) is 16.5 Å². The molecule has 2 aromatic rings. The number of anilines is 1. The predicted octanol–water partition coefficient (Wildman–Crippen LogP) is 3.42. The van der Waals surface area contributed by atoms with Crippen LogP contribution in [-0.2, 0) is 22.0 Å². The van der Waals surface area contributed by atoms with E-state index in [0.717, 1.165) is 29.1 Å². The van der Waals surface area contributed by atoms with E-state index in [1.165, 1.54) is 0 Å². The average molecular weight is 321 g/mol. The van der Waals surface area contributed by atoms with Gasteiger partial charge in [-0.25, -0.2) is 17.2 Å². The lowest BCUT2D eigenvalue weighted by Gasteiger charge is -2.07. The SMILES string of the molecule is C=C1Cc2cc(CS(=O)(=O)c3ccc(F)cc3F)ccc2N1. The fourth-order valence-electron chi connectivity index (χ4n) is 2.49. The minimum Gasteiger partial charge on any atom is -0.359 e. The Morgan fingerprint density at radius 3 is 2.64 bits per heavy atom. The van der Waals surface area contributed by atoms with Crippen molar-refractivity contribution < 1.29 is 17.2 Å². The van der Waals surface area contributed by atoms with Crippen LogP contribution in [0, 0.1) is 11.6 Å². The predicted molar refractivity (Wildman–Crippen MR) is 80.2 cm³/mol. The molecule has 0 bridgehead atoms. The highest BCUT2D eigenvalue weighted by atomic mass is 32.2. The first-order chi connectivity index (χ1) is 10.3. The smallest absolute Gasteiger partial charge is 0.185 e. The van der Waals surface area contributed by atoms with E-state index >= 15 is 0 Å². The summed E-state index contributed by atoms with van der Waals surface area (Å²) in [5.74, 6) is -2.22. The molecule has 0 spiro atoms. The van der Waals surface area contributed by atoms with Crippen molar-refractivity contribution >= 4 is 15.5 Å². The summed E-state index contributed by atoms with van der Waals surface area (Å²) in [7, 11) is -3.88. The largest absolute Gasteiger partial charge is 0.359 e. The number of hydrogen-bond acceptors (Lipinski definition) is 3. The van der Waals surface area contributed by atoms with Crippen LogP contribution >= 0.6 is 0 Å². The van der Waals surface area contributed by atoms with Crippen LogP contribution in [0.15, 0.2) is 53.6 Å². The van der Waals surface area contributed by atoms with Gasteiger partial charge in [0, 0.05) is 23.9 Å². The quantitative estimate of drug-likeness (QED) is 0.881. The van der Waals surface area contributed by atoms with Crippen molar-refractivity contribution in [1.82, 2.24) is 0 Å². The summed E-state index contributed by atoms with van der Waals surface area (Å²) in [4.78, 5) is -0.489. The van der Waals surface area contributed by atoms with Gasteiger partial charge in [-0.2, -0.15) is 0 Å². The van der Waals surface area contributed by atoms with E-state index in [1.54, 1.807) is 18.2 Å². The van der Waals surface area contributed by atoms with Crippen LogP contribution in [0.4, 0.5) is 14.5 Å². The maximum Gasteiger partial charge on any atom is 0.185 e. The first-order valence-corrected chi connectivity index (χ1v) is 8.25. The molecule has 0 aliphatic carbocycles. The molecule has 0 unspecified atom stereocenters. The summed E-state index contributed by atoms with van der Waals surface area (Å²) < 4.78 is 51.2. The molecule has 114 valence electrons. The first-order valence-electron chi connectivity index (χ1n) is 6.59. The van der Waals surface area contributed by atoms with E-state index in [0.29, 0.717) is 18.1 Å². The summed E-state index contributed by atoms with van der Waals surface area (Å²) >= 11 is 0. The molecule has 0 aromatic heterocycles. The van der Waals surface area contributed by atoms with Crippen LogP contribution in [0.3, 0.4) is 0 Å². The average Bonchev–Trinajstić information content (AvgIpc) is 2.77. The molecule has 1 aliphatic heterocycles. The van der Waals surface area contributed by atoms with Crippen LogP contribution in [0.2, 0.25) is 0 Å². The zero-order valence-electron chi connectivity index (χ0n) is 11.6. The Hall–Kier alpha value is -2.21. The van der Waals surface area contributed by atoms with Crippen molar-refractivity contribution in [3.05, 3.63) is 71.4 Å². The van der Waals surface area contributed by atoms with Gasteiger partial charge in [0.25, 0.3) is 0 Å². The van der Waals surface area contributed by atoms with Gasteiger partial charge in [0.15, 0.2) is 9.84 Å². The molecule has 0 saturated heterocycles. The first kappa shape index (κ1) is 14.7. The molecule has 1 N–H and O–H groups in total. The maximum absolute atomic E-state index is 13.7. The van der Waals surface area contributed by atoms with Crippen LogP contribution in [-0.4, -0.2) is 8.42 Å². The number of fused-ring (bicyclic) bond motifs is 1. The molecule has 3 rings (SSSR count). The maximum atomic E-state index is 13.7. The summed E-state index contributed by atoms with van der Waals surface area (Å²) in [6, 6.07) is 7.68. The number of benzene rings is 2. The Morgan fingerprint density at radius 2 is 1.91 bits per heavy atom. The Bertz CT molecular complexity index is 876. The number of hydrogen-bond donors (Lipinski definition) is 1. The topological polar surface area (TPSA) is 46.2 Å².